The fourth-order valence-corrected chi connectivity index (χ4v) is 6.71. The lowest BCUT2D eigenvalue weighted by Crippen LogP contribution is -2.34. The molecule has 0 saturated heterocycles. The SMILES string of the molecule is CC/C=C\C/C=C\C/C=C\C/C=C\C/C=C\CCCC(=O)OC(COCCCCCCCCCCCC/C=C\CCCCCCCC)COP(=O)(O)OCC(N)C(=O)O. The first kappa shape index (κ1) is 56.4. The van der Waals surface area contributed by atoms with Crippen molar-refractivity contribution in [3.63, 3.8) is 0 Å². The molecule has 0 aromatic carbocycles. The summed E-state index contributed by atoms with van der Waals surface area (Å²) in [5.74, 6) is -1.84. The van der Waals surface area contributed by atoms with E-state index in [1.807, 2.05) is 6.08 Å². The normalized spacial score (nSPS) is 14.5. The molecule has 11 heteroatoms. The third-order valence-corrected chi connectivity index (χ3v) is 10.4. The molecule has 0 heterocycles. The molecule has 0 saturated carbocycles. The van der Waals surface area contributed by atoms with Gasteiger partial charge < -0.3 is 25.2 Å². The number of nitrogens with two attached hydrogens (primary N) is 1. The highest BCUT2D eigenvalue weighted by Crippen LogP contribution is 2.43. The second-order valence-corrected chi connectivity index (χ2v) is 16.6. The number of allylic oxidation sites excluding steroid dienone is 12. The van der Waals surface area contributed by atoms with E-state index in [2.05, 4.69) is 80.7 Å². The predicted octanol–water partition coefficient (Wildman–Crippen LogP) is 13.0. The summed E-state index contributed by atoms with van der Waals surface area (Å²) in [5.41, 5.74) is 5.36. The van der Waals surface area contributed by atoms with Crippen molar-refractivity contribution < 1.29 is 42.7 Å². The van der Waals surface area contributed by atoms with Crippen LogP contribution in [0.25, 0.3) is 0 Å². The van der Waals surface area contributed by atoms with Crippen LogP contribution in [0.1, 0.15) is 181 Å². The Morgan fingerprint density at radius 1 is 0.559 bits per heavy atom. The number of phosphoric acid groups is 1. The smallest absolute Gasteiger partial charge is 0.472 e. The van der Waals surface area contributed by atoms with Gasteiger partial charge in [-0.3, -0.25) is 18.6 Å². The lowest BCUT2D eigenvalue weighted by molar-refractivity contribution is -0.154. The minimum atomic E-state index is -4.64. The average Bonchev–Trinajstić information content (AvgIpc) is 3.21. The van der Waals surface area contributed by atoms with Gasteiger partial charge in [-0.05, 0) is 77.0 Å². The van der Waals surface area contributed by atoms with Crippen LogP contribution in [0.3, 0.4) is 0 Å². The second-order valence-electron chi connectivity index (χ2n) is 15.1. The van der Waals surface area contributed by atoms with E-state index in [1.165, 1.54) is 96.3 Å². The quantitative estimate of drug-likeness (QED) is 0.0234. The molecule has 0 amide bonds. The topological polar surface area (TPSA) is 155 Å². The molecule has 4 N–H and O–H groups in total. The van der Waals surface area contributed by atoms with Gasteiger partial charge in [0, 0.05) is 13.0 Å². The van der Waals surface area contributed by atoms with E-state index in [4.69, 9.17) is 29.4 Å². The number of carboxylic acids is 1. The Hall–Kier alpha value is -2.59. The third kappa shape index (κ3) is 43.3. The van der Waals surface area contributed by atoms with E-state index in [0.29, 0.717) is 19.4 Å². The predicted molar refractivity (Wildman–Crippen MR) is 244 cm³/mol. The van der Waals surface area contributed by atoms with Gasteiger partial charge in [-0.25, -0.2) is 4.57 Å². The zero-order valence-electron chi connectivity index (χ0n) is 37.1. The van der Waals surface area contributed by atoms with Crippen molar-refractivity contribution in [1.82, 2.24) is 0 Å². The molecule has 0 fully saturated rings. The highest BCUT2D eigenvalue weighted by Gasteiger charge is 2.27. The lowest BCUT2D eigenvalue weighted by atomic mass is 10.1. The Morgan fingerprint density at radius 3 is 1.49 bits per heavy atom. The number of esters is 1. The lowest BCUT2D eigenvalue weighted by Gasteiger charge is -2.20. The molecule has 0 aromatic heterocycles. The summed E-state index contributed by atoms with van der Waals surface area (Å²) in [7, 11) is -4.64. The van der Waals surface area contributed by atoms with Crippen LogP contribution in [0.15, 0.2) is 72.9 Å². The van der Waals surface area contributed by atoms with E-state index in [9.17, 15) is 19.0 Å². The molecule has 59 heavy (non-hydrogen) atoms. The molecule has 0 rings (SSSR count). The van der Waals surface area contributed by atoms with Gasteiger partial charge >= 0.3 is 19.8 Å². The number of hydrogen-bond acceptors (Lipinski definition) is 8. The second kappa shape index (κ2) is 43.5. The molecule has 3 atom stereocenters. The monoisotopic (exact) mass is 850 g/mol. The summed E-state index contributed by atoms with van der Waals surface area (Å²) in [6, 6.07) is -1.49. The molecular formula is C48H84NO9P. The number of unbranched alkanes of at least 4 members (excludes halogenated alkanes) is 17. The molecule has 10 nitrogen and oxygen atoms in total. The number of phosphoric ester groups is 1. The van der Waals surface area contributed by atoms with Crippen LogP contribution in [-0.4, -0.2) is 60.5 Å². The van der Waals surface area contributed by atoms with Gasteiger partial charge in [0.2, 0.25) is 0 Å². The van der Waals surface area contributed by atoms with E-state index >= 15 is 0 Å². The van der Waals surface area contributed by atoms with Crippen LogP contribution < -0.4 is 5.73 Å². The summed E-state index contributed by atoms with van der Waals surface area (Å²) in [6.45, 7) is 3.69. The van der Waals surface area contributed by atoms with Crippen LogP contribution in [0.2, 0.25) is 0 Å². The largest absolute Gasteiger partial charge is 0.480 e. The van der Waals surface area contributed by atoms with Gasteiger partial charge in [0.1, 0.15) is 12.1 Å². The number of aliphatic carboxylic acids is 1. The van der Waals surface area contributed by atoms with E-state index in [0.717, 1.165) is 51.4 Å². The summed E-state index contributed by atoms with van der Waals surface area (Å²) < 4.78 is 33.3. The van der Waals surface area contributed by atoms with Crippen LogP contribution in [0, 0.1) is 0 Å². The van der Waals surface area contributed by atoms with Gasteiger partial charge in [-0.1, -0.05) is 170 Å². The van der Waals surface area contributed by atoms with E-state index < -0.39 is 45.1 Å². The van der Waals surface area contributed by atoms with Crippen molar-refractivity contribution in [2.45, 2.75) is 193 Å². The van der Waals surface area contributed by atoms with Gasteiger partial charge in [-0.2, -0.15) is 0 Å². The molecule has 0 aliphatic rings. The Labute approximate surface area is 359 Å². The first-order valence-electron chi connectivity index (χ1n) is 23.0. The molecular weight excluding hydrogens is 766 g/mol. The number of rotatable bonds is 43. The molecule has 0 aliphatic carbocycles. The van der Waals surface area contributed by atoms with Gasteiger partial charge in [-0.15, -0.1) is 0 Å². The van der Waals surface area contributed by atoms with Crippen molar-refractivity contribution in [2.24, 2.45) is 5.73 Å². The first-order chi connectivity index (χ1) is 28.7. The van der Waals surface area contributed by atoms with Gasteiger partial charge in [0.15, 0.2) is 0 Å². The maximum absolute atomic E-state index is 12.6. The van der Waals surface area contributed by atoms with Gasteiger partial charge in [0.25, 0.3) is 0 Å². The van der Waals surface area contributed by atoms with Crippen LogP contribution in [0.5, 0.6) is 0 Å². The maximum Gasteiger partial charge on any atom is 0.472 e. The maximum atomic E-state index is 12.6. The van der Waals surface area contributed by atoms with Crippen LogP contribution in [-0.2, 0) is 32.7 Å². The third-order valence-electron chi connectivity index (χ3n) is 9.47. The Balaban J connectivity index is 4.29. The Kier molecular flexibility index (Phi) is 41.6. The summed E-state index contributed by atoms with van der Waals surface area (Å²) in [5, 5.41) is 8.90. The molecule has 3 unspecified atom stereocenters. The summed E-state index contributed by atoms with van der Waals surface area (Å²) in [6.07, 6.45) is 53.9. The molecule has 0 bridgehead atoms. The molecule has 0 aliphatic heterocycles. The molecule has 0 radical (unpaired) electrons. The molecule has 0 aromatic rings. The van der Waals surface area contributed by atoms with E-state index in [1.54, 1.807) is 0 Å². The fourth-order valence-electron chi connectivity index (χ4n) is 5.93. The molecule has 340 valence electrons. The minimum absolute atomic E-state index is 0.00985. The number of ether oxygens (including phenoxy) is 2. The van der Waals surface area contributed by atoms with Gasteiger partial charge in [0.05, 0.1) is 19.8 Å². The minimum Gasteiger partial charge on any atom is -0.480 e. The van der Waals surface area contributed by atoms with Crippen molar-refractivity contribution in [3.05, 3.63) is 72.9 Å². The molecule has 0 spiro atoms. The van der Waals surface area contributed by atoms with Crippen LogP contribution in [0.4, 0.5) is 0 Å². The summed E-state index contributed by atoms with van der Waals surface area (Å²) in [4.78, 5) is 33.6. The number of carboxylic acid groups (broad SMARTS) is 1. The number of carbonyl (C=O) groups is 2. The zero-order valence-corrected chi connectivity index (χ0v) is 38.0. The standard InChI is InChI=1S/C48H84NO9P/c1-3-5-7-9-11-13-15-17-19-21-22-23-25-27-29-31-33-35-37-39-41-55-42-45(43-56-59(53,54)57-44-46(49)48(51)52)58-47(50)40-38-36-34-32-30-28-26-24-20-18-16-14-12-10-8-6-4-2/h6,8,12,14,17-20,26,28,32,34,45-46H,3-5,7,9-11,13,15-16,21-25,27,29-31,33,35-44,49H2,1-2H3,(H,51,52)(H,53,54)/b8-6-,14-12-,19-17-,20-18-,28-26-,34-32-. The summed E-state index contributed by atoms with van der Waals surface area (Å²) >= 11 is 0. The Bertz CT molecular complexity index is 1210. The average molecular weight is 850 g/mol. The van der Waals surface area contributed by atoms with Crippen LogP contribution >= 0.6 is 7.82 Å². The highest BCUT2D eigenvalue weighted by atomic mass is 31.2. The van der Waals surface area contributed by atoms with E-state index in [-0.39, 0.29) is 13.0 Å². The fraction of sp³-hybridized carbons (Fsp3) is 0.708. The number of carbonyl (C=O) groups excluding carboxylic acids is 1. The van der Waals surface area contributed by atoms with Crippen molar-refractivity contribution in [2.75, 3.05) is 26.4 Å². The first-order valence-corrected chi connectivity index (χ1v) is 24.5. The zero-order chi connectivity index (χ0) is 43.3. The van der Waals surface area contributed by atoms with Crippen molar-refractivity contribution in [3.8, 4) is 0 Å². The number of hydrogen-bond donors (Lipinski definition) is 3. The van der Waals surface area contributed by atoms with Crippen molar-refractivity contribution in [1.29, 1.82) is 0 Å². The highest BCUT2D eigenvalue weighted by molar-refractivity contribution is 7.47. The Morgan fingerprint density at radius 2 is 0.983 bits per heavy atom. The van der Waals surface area contributed by atoms with Crippen molar-refractivity contribution >= 4 is 19.8 Å².